The molecule has 8 heteroatoms. The molecule has 1 heterocycles. The van der Waals surface area contributed by atoms with Gasteiger partial charge >= 0.3 is 0 Å². The third-order valence-corrected chi connectivity index (χ3v) is 7.66. The van der Waals surface area contributed by atoms with Crippen molar-refractivity contribution in [3.63, 3.8) is 0 Å². The Labute approximate surface area is 212 Å². The van der Waals surface area contributed by atoms with Crippen molar-refractivity contribution in [3.05, 3.63) is 41.5 Å². The first kappa shape index (κ1) is 26.4. The number of aliphatic hydroxyl groups is 2. The van der Waals surface area contributed by atoms with Gasteiger partial charge in [-0.15, -0.1) is 0 Å². The van der Waals surface area contributed by atoms with Gasteiger partial charge in [-0.1, -0.05) is 37.5 Å². The van der Waals surface area contributed by atoms with Crippen molar-refractivity contribution < 1.29 is 29.3 Å². The van der Waals surface area contributed by atoms with Crippen LogP contribution in [0, 0.1) is 5.92 Å². The van der Waals surface area contributed by atoms with Crippen LogP contribution in [0.1, 0.15) is 69.8 Å². The highest BCUT2D eigenvalue weighted by Gasteiger charge is 2.50. The van der Waals surface area contributed by atoms with Crippen LogP contribution in [0.2, 0.25) is 0 Å². The molecule has 0 bridgehead atoms. The topological polar surface area (TPSA) is 116 Å². The van der Waals surface area contributed by atoms with Crippen molar-refractivity contribution in [2.45, 2.75) is 82.5 Å². The average molecular weight is 499 g/mol. The number of carbonyl (C=O) groups excluding carboxylic acids is 3. The third kappa shape index (κ3) is 5.81. The number of aliphatic hydroxyl groups excluding tert-OH is 2. The molecule has 4 rings (SSSR count). The van der Waals surface area contributed by atoms with Gasteiger partial charge in [0.2, 0.25) is 11.8 Å². The van der Waals surface area contributed by atoms with Crippen molar-refractivity contribution in [2.24, 2.45) is 5.92 Å². The second-order valence-corrected chi connectivity index (χ2v) is 10.3. The Hall–Kier alpha value is -2.71. The Morgan fingerprint density at radius 2 is 1.86 bits per heavy atom. The summed E-state index contributed by atoms with van der Waals surface area (Å²) >= 11 is 0. The van der Waals surface area contributed by atoms with Crippen LogP contribution in [0.4, 0.5) is 0 Å². The van der Waals surface area contributed by atoms with E-state index in [-0.39, 0.29) is 37.2 Å². The van der Waals surface area contributed by atoms with Gasteiger partial charge in [0.05, 0.1) is 18.6 Å². The molecule has 196 valence electrons. The Morgan fingerprint density at radius 1 is 1.11 bits per heavy atom. The Morgan fingerprint density at radius 3 is 2.58 bits per heavy atom. The van der Waals surface area contributed by atoms with Crippen LogP contribution in [0.3, 0.4) is 0 Å². The van der Waals surface area contributed by atoms with E-state index in [1.54, 1.807) is 11.0 Å². The predicted octanol–water partition coefficient (Wildman–Crippen LogP) is 2.48. The SMILES string of the molecule is CC(=O)CCCC(=O)N(CC1CCCCC1)C1C=C(C(=O)NCCO)C2c3ccccc3OC2C1O. The molecule has 1 saturated carbocycles. The second-order valence-electron chi connectivity index (χ2n) is 10.3. The number of amides is 2. The molecular formula is C28H38N2O6. The number of rotatable bonds is 10. The summed E-state index contributed by atoms with van der Waals surface area (Å²) in [5, 5.41) is 23.5. The molecule has 2 aliphatic carbocycles. The summed E-state index contributed by atoms with van der Waals surface area (Å²) in [6.45, 7) is 1.95. The van der Waals surface area contributed by atoms with E-state index < -0.39 is 24.2 Å². The summed E-state index contributed by atoms with van der Waals surface area (Å²) < 4.78 is 6.17. The molecule has 0 saturated heterocycles. The van der Waals surface area contributed by atoms with Crippen LogP contribution in [-0.2, 0) is 14.4 Å². The zero-order valence-corrected chi connectivity index (χ0v) is 21.0. The van der Waals surface area contributed by atoms with E-state index in [0.717, 1.165) is 31.2 Å². The van der Waals surface area contributed by atoms with Crippen LogP contribution < -0.4 is 10.1 Å². The van der Waals surface area contributed by atoms with Crippen LogP contribution >= 0.6 is 0 Å². The van der Waals surface area contributed by atoms with Gasteiger partial charge in [0, 0.05) is 37.1 Å². The van der Waals surface area contributed by atoms with Gasteiger partial charge in [-0.05, 0) is 44.2 Å². The fraction of sp³-hybridized carbons (Fsp3) is 0.607. The standard InChI is InChI=1S/C28H38N2O6/c1-18(32)8-7-13-24(33)30(17-19-9-3-2-4-10-19)22-16-21(28(35)29-14-15-31)25-20-11-5-6-12-23(20)36-27(25)26(22)34/h5-6,11-12,16,19,22,25-27,31,34H,2-4,7-10,13-15,17H2,1H3,(H,29,35). The maximum absolute atomic E-state index is 13.5. The fourth-order valence-electron chi connectivity index (χ4n) is 5.86. The van der Waals surface area contributed by atoms with Gasteiger partial charge in [0.25, 0.3) is 0 Å². The smallest absolute Gasteiger partial charge is 0.247 e. The van der Waals surface area contributed by atoms with Gasteiger partial charge in [-0.3, -0.25) is 9.59 Å². The number of hydrogen-bond acceptors (Lipinski definition) is 6. The summed E-state index contributed by atoms with van der Waals surface area (Å²) in [6, 6.07) is 6.73. The molecule has 0 radical (unpaired) electrons. The first-order valence-corrected chi connectivity index (χ1v) is 13.2. The van der Waals surface area contributed by atoms with Crippen molar-refractivity contribution in [1.82, 2.24) is 10.2 Å². The number of hydrogen-bond donors (Lipinski definition) is 3. The van der Waals surface area contributed by atoms with E-state index in [9.17, 15) is 24.6 Å². The molecule has 0 spiro atoms. The van der Waals surface area contributed by atoms with Crippen molar-refractivity contribution in [2.75, 3.05) is 19.7 Å². The lowest BCUT2D eigenvalue weighted by molar-refractivity contribution is -0.138. The minimum absolute atomic E-state index is 0.0435. The number of ether oxygens (including phenoxy) is 1. The van der Waals surface area contributed by atoms with Crippen molar-refractivity contribution in [1.29, 1.82) is 0 Å². The van der Waals surface area contributed by atoms with E-state index in [1.165, 1.54) is 13.3 Å². The highest BCUT2D eigenvalue weighted by Crippen LogP contribution is 2.47. The molecule has 4 unspecified atom stereocenters. The predicted molar refractivity (Wildman–Crippen MR) is 134 cm³/mol. The van der Waals surface area contributed by atoms with Gasteiger partial charge < -0.3 is 30.0 Å². The number of nitrogens with one attached hydrogen (secondary N) is 1. The number of benzene rings is 1. The van der Waals surface area contributed by atoms with Crippen LogP contribution in [-0.4, -0.2) is 70.7 Å². The Balaban J connectivity index is 1.67. The largest absolute Gasteiger partial charge is 0.486 e. The minimum atomic E-state index is -1.02. The number of Topliss-reactive ketones (excluding diaryl/α,β-unsaturated/α-hetero) is 1. The highest BCUT2D eigenvalue weighted by atomic mass is 16.5. The molecule has 36 heavy (non-hydrogen) atoms. The number of carbonyl (C=O) groups is 3. The molecule has 3 N–H and O–H groups in total. The van der Waals surface area contributed by atoms with Gasteiger partial charge in [0.1, 0.15) is 23.7 Å². The van der Waals surface area contributed by atoms with Crippen LogP contribution in [0.5, 0.6) is 5.75 Å². The molecule has 1 aliphatic heterocycles. The lowest BCUT2D eigenvalue weighted by Gasteiger charge is -2.42. The number of para-hydroxylation sites is 1. The van der Waals surface area contributed by atoms with Gasteiger partial charge in [-0.2, -0.15) is 0 Å². The molecule has 2 amide bonds. The number of ketones is 1. The molecule has 1 fully saturated rings. The van der Waals surface area contributed by atoms with Gasteiger partial charge in [-0.25, -0.2) is 0 Å². The minimum Gasteiger partial charge on any atom is -0.486 e. The second kappa shape index (κ2) is 12.0. The Bertz CT molecular complexity index is 986. The monoisotopic (exact) mass is 498 g/mol. The summed E-state index contributed by atoms with van der Waals surface area (Å²) in [6.07, 6.45) is 6.52. The summed E-state index contributed by atoms with van der Waals surface area (Å²) in [5.41, 5.74) is 1.27. The summed E-state index contributed by atoms with van der Waals surface area (Å²) in [4.78, 5) is 39.9. The first-order valence-electron chi connectivity index (χ1n) is 13.2. The normalized spacial score (nSPS) is 25.2. The molecular weight excluding hydrogens is 460 g/mol. The molecule has 3 aliphatic rings. The van der Waals surface area contributed by atoms with E-state index in [1.807, 2.05) is 24.3 Å². The maximum atomic E-state index is 13.5. The third-order valence-electron chi connectivity index (χ3n) is 7.66. The molecule has 8 nitrogen and oxygen atoms in total. The van der Waals surface area contributed by atoms with E-state index in [4.69, 9.17) is 4.74 Å². The number of nitrogens with zero attached hydrogens (tertiary/aromatic N) is 1. The number of fused-ring (bicyclic) bond motifs is 3. The van der Waals surface area contributed by atoms with Crippen molar-refractivity contribution in [3.8, 4) is 5.75 Å². The first-order chi connectivity index (χ1) is 17.4. The zero-order valence-electron chi connectivity index (χ0n) is 21.0. The van der Waals surface area contributed by atoms with Crippen LogP contribution in [0.25, 0.3) is 0 Å². The highest BCUT2D eigenvalue weighted by molar-refractivity contribution is 5.96. The van der Waals surface area contributed by atoms with E-state index >= 15 is 0 Å². The zero-order chi connectivity index (χ0) is 25.7. The van der Waals surface area contributed by atoms with E-state index in [2.05, 4.69) is 5.32 Å². The maximum Gasteiger partial charge on any atom is 0.247 e. The van der Waals surface area contributed by atoms with Gasteiger partial charge in [0.15, 0.2) is 0 Å². The van der Waals surface area contributed by atoms with E-state index in [0.29, 0.717) is 36.6 Å². The molecule has 1 aromatic carbocycles. The fourth-order valence-corrected chi connectivity index (χ4v) is 5.86. The summed E-state index contributed by atoms with van der Waals surface area (Å²) in [7, 11) is 0. The summed E-state index contributed by atoms with van der Waals surface area (Å²) in [5.74, 6) is 0.0866. The van der Waals surface area contributed by atoms with Crippen LogP contribution in [0.15, 0.2) is 35.9 Å². The lowest BCUT2D eigenvalue weighted by atomic mass is 9.77. The molecule has 1 aromatic rings. The molecule has 0 aromatic heterocycles. The quantitative estimate of drug-likeness (QED) is 0.456. The van der Waals surface area contributed by atoms with Crippen molar-refractivity contribution >= 4 is 17.6 Å². The average Bonchev–Trinajstić information content (AvgIpc) is 3.27. The lowest BCUT2D eigenvalue weighted by Crippen LogP contribution is -2.56. The molecule has 4 atom stereocenters. The Kier molecular flexibility index (Phi) is 8.80.